The van der Waals surface area contributed by atoms with E-state index >= 15 is 0 Å². The van der Waals surface area contributed by atoms with E-state index in [2.05, 4.69) is 55.4 Å². The molecule has 0 saturated carbocycles. The smallest absolute Gasteiger partial charge is 0.137 e. The summed E-state index contributed by atoms with van der Waals surface area (Å²) < 4.78 is 2.16. The van der Waals surface area contributed by atoms with Crippen LogP contribution in [-0.2, 0) is 0 Å². The van der Waals surface area contributed by atoms with Gasteiger partial charge in [-0.1, -0.05) is 13.8 Å². The number of pyridine rings is 1. The summed E-state index contributed by atoms with van der Waals surface area (Å²) in [6, 6.07) is 4.30. The highest BCUT2D eigenvalue weighted by atomic mass is 15.0. The molecule has 2 rings (SSSR count). The molecule has 0 N–H and O–H groups in total. The number of hydrogen-bond donors (Lipinski definition) is 0. The van der Waals surface area contributed by atoms with Gasteiger partial charge in [0.15, 0.2) is 0 Å². The molecule has 0 fully saturated rings. The van der Waals surface area contributed by atoms with Crippen LogP contribution in [0.2, 0.25) is 0 Å². The lowest BCUT2D eigenvalue weighted by Gasteiger charge is -2.00. The minimum absolute atomic E-state index is 0.495. The van der Waals surface area contributed by atoms with E-state index in [0.29, 0.717) is 5.92 Å². The Hall–Kier alpha value is -1.31. The summed E-state index contributed by atoms with van der Waals surface area (Å²) in [5, 5.41) is 0. The van der Waals surface area contributed by atoms with Crippen molar-refractivity contribution in [2.24, 2.45) is 0 Å². The Balaban J connectivity index is 2.70. The standard InChI is InChI=1S/C12H16N2/c1-8(2)11-7-14-10(4)5-9(3)6-12(14)13-11/h5-8H,1-4H3. The Kier molecular flexibility index (Phi) is 2.06. The Morgan fingerprint density at radius 3 is 2.57 bits per heavy atom. The lowest BCUT2D eigenvalue weighted by molar-refractivity contribution is 0.833. The second-order valence-electron chi connectivity index (χ2n) is 4.22. The van der Waals surface area contributed by atoms with E-state index in [1.54, 1.807) is 0 Å². The highest BCUT2D eigenvalue weighted by molar-refractivity contribution is 5.45. The van der Waals surface area contributed by atoms with Gasteiger partial charge in [0.2, 0.25) is 0 Å². The molecular weight excluding hydrogens is 172 g/mol. The zero-order valence-corrected chi connectivity index (χ0v) is 9.20. The molecule has 0 aliphatic heterocycles. The van der Waals surface area contributed by atoms with Crippen LogP contribution in [0.15, 0.2) is 18.3 Å². The molecule has 2 nitrogen and oxygen atoms in total. The van der Waals surface area contributed by atoms with E-state index in [1.165, 1.54) is 17.0 Å². The van der Waals surface area contributed by atoms with Gasteiger partial charge in [0.05, 0.1) is 5.69 Å². The molecule has 0 aliphatic carbocycles. The first-order valence-electron chi connectivity index (χ1n) is 5.04. The van der Waals surface area contributed by atoms with Crippen LogP contribution < -0.4 is 0 Å². The maximum atomic E-state index is 4.60. The van der Waals surface area contributed by atoms with Crippen LogP contribution in [0, 0.1) is 13.8 Å². The SMILES string of the molecule is Cc1cc(C)n2cc(C(C)C)nc2c1. The van der Waals surface area contributed by atoms with Crippen molar-refractivity contribution in [3.8, 4) is 0 Å². The summed E-state index contributed by atoms with van der Waals surface area (Å²) in [5.41, 5.74) is 4.75. The van der Waals surface area contributed by atoms with Crippen LogP contribution in [0.3, 0.4) is 0 Å². The summed E-state index contributed by atoms with van der Waals surface area (Å²) in [5.74, 6) is 0.495. The van der Waals surface area contributed by atoms with Gasteiger partial charge in [0, 0.05) is 11.9 Å². The normalized spacial score (nSPS) is 11.5. The Morgan fingerprint density at radius 2 is 1.93 bits per heavy atom. The Morgan fingerprint density at radius 1 is 1.21 bits per heavy atom. The van der Waals surface area contributed by atoms with Crippen molar-refractivity contribution in [2.45, 2.75) is 33.6 Å². The van der Waals surface area contributed by atoms with Crippen molar-refractivity contribution in [3.63, 3.8) is 0 Å². The maximum Gasteiger partial charge on any atom is 0.137 e. The first-order valence-corrected chi connectivity index (χ1v) is 5.04. The Bertz CT molecular complexity index is 466. The predicted octanol–water partition coefficient (Wildman–Crippen LogP) is 3.07. The van der Waals surface area contributed by atoms with Crippen molar-refractivity contribution < 1.29 is 0 Å². The molecule has 2 aromatic rings. The lowest BCUT2D eigenvalue weighted by Crippen LogP contribution is -1.90. The van der Waals surface area contributed by atoms with Crippen molar-refractivity contribution in [1.29, 1.82) is 0 Å². The molecule has 2 heteroatoms. The van der Waals surface area contributed by atoms with Gasteiger partial charge in [0.1, 0.15) is 5.65 Å². The molecule has 2 aromatic heterocycles. The minimum Gasteiger partial charge on any atom is -0.304 e. The fourth-order valence-electron chi connectivity index (χ4n) is 1.72. The summed E-state index contributed by atoms with van der Waals surface area (Å²) in [6.45, 7) is 8.57. The third kappa shape index (κ3) is 1.41. The van der Waals surface area contributed by atoms with Crippen LogP contribution >= 0.6 is 0 Å². The topological polar surface area (TPSA) is 17.3 Å². The van der Waals surface area contributed by atoms with Gasteiger partial charge in [0.25, 0.3) is 0 Å². The first kappa shape index (κ1) is 9.25. The van der Waals surface area contributed by atoms with Gasteiger partial charge < -0.3 is 4.40 Å². The van der Waals surface area contributed by atoms with Gasteiger partial charge in [-0.2, -0.15) is 0 Å². The molecule has 0 aliphatic rings. The fourth-order valence-corrected chi connectivity index (χ4v) is 1.72. The van der Waals surface area contributed by atoms with E-state index in [1.807, 2.05) is 0 Å². The number of fused-ring (bicyclic) bond motifs is 1. The second kappa shape index (κ2) is 3.12. The molecule has 0 aromatic carbocycles. The van der Waals surface area contributed by atoms with Gasteiger partial charge in [-0.25, -0.2) is 4.98 Å². The lowest BCUT2D eigenvalue weighted by atomic mass is 10.2. The molecular formula is C12H16N2. The van der Waals surface area contributed by atoms with Gasteiger partial charge in [-0.15, -0.1) is 0 Å². The van der Waals surface area contributed by atoms with Crippen LogP contribution in [0.4, 0.5) is 0 Å². The number of hydrogen-bond acceptors (Lipinski definition) is 1. The number of aryl methyl sites for hydroxylation is 2. The molecule has 0 radical (unpaired) electrons. The van der Waals surface area contributed by atoms with E-state index in [0.717, 1.165) is 5.65 Å². The van der Waals surface area contributed by atoms with Crippen LogP contribution in [0.25, 0.3) is 5.65 Å². The molecule has 0 spiro atoms. The number of aromatic nitrogens is 2. The molecule has 0 amide bonds. The molecule has 74 valence electrons. The molecule has 14 heavy (non-hydrogen) atoms. The van der Waals surface area contributed by atoms with Crippen molar-refractivity contribution in [2.75, 3.05) is 0 Å². The predicted molar refractivity (Wildman–Crippen MR) is 58.8 cm³/mol. The van der Waals surface area contributed by atoms with Crippen LogP contribution in [0.5, 0.6) is 0 Å². The quantitative estimate of drug-likeness (QED) is 0.672. The average molecular weight is 188 g/mol. The van der Waals surface area contributed by atoms with Crippen LogP contribution in [-0.4, -0.2) is 9.38 Å². The minimum atomic E-state index is 0.495. The Labute approximate surface area is 84.6 Å². The highest BCUT2D eigenvalue weighted by Crippen LogP contribution is 2.17. The van der Waals surface area contributed by atoms with Crippen molar-refractivity contribution in [1.82, 2.24) is 9.38 Å². The van der Waals surface area contributed by atoms with E-state index in [4.69, 9.17) is 0 Å². The zero-order chi connectivity index (χ0) is 10.3. The van der Waals surface area contributed by atoms with E-state index < -0.39 is 0 Å². The largest absolute Gasteiger partial charge is 0.304 e. The fraction of sp³-hybridized carbons (Fsp3) is 0.417. The first-order chi connectivity index (χ1) is 6.58. The second-order valence-corrected chi connectivity index (χ2v) is 4.22. The molecule has 0 atom stereocenters. The monoisotopic (exact) mass is 188 g/mol. The van der Waals surface area contributed by atoms with E-state index in [-0.39, 0.29) is 0 Å². The van der Waals surface area contributed by atoms with Gasteiger partial charge in [-0.3, -0.25) is 0 Å². The molecule has 0 saturated heterocycles. The van der Waals surface area contributed by atoms with Crippen molar-refractivity contribution in [3.05, 3.63) is 35.3 Å². The summed E-state index contributed by atoms with van der Waals surface area (Å²) in [4.78, 5) is 4.60. The third-order valence-electron chi connectivity index (χ3n) is 2.52. The van der Waals surface area contributed by atoms with Gasteiger partial charge in [-0.05, 0) is 37.5 Å². The maximum absolute atomic E-state index is 4.60. The summed E-state index contributed by atoms with van der Waals surface area (Å²) >= 11 is 0. The molecule has 2 heterocycles. The van der Waals surface area contributed by atoms with Crippen LogP contribution in [0.1, 0.15) is 36.7 Å². The zero-order valence-electron chi connectivity index (χ0n) is 9.20. The summed E-state index contributed by atoms with van der Waals surface area (Å²) in [7, 11) is 0. The molecule has 0 bridgehead atoms. The third-order valence-corrected chi connectivity index (χ3v) is 2.52. The molecule has 0 unspecified atom stereocenters. The van der Waals surface area contributed by atoms with Gasteiger partial charge >= 0.3 is 0 Å². The number of rotatable bonds is 1. The average Bonchev–Trinajstić information content (AvgIpc) is 2.47. The number of nitrogens with zero attached hydrogens (tertiary/aromatic N) is 2. The van der Waals surface area contributed by atoms with Crippen molar-refractivity contribution >= 4 is 5.65 Å². The highest BCUT2D eigenvalue weighted by Gasteiger charge is 2.06. The summed E-state index contributed by atoms with van der Waals surface area (Å²) in [6.07, 6.45) is 2.13. The van der Waals surface area contributed by atoms with E-state index in [9.17, 15) is 0 Å². The number of imidazole rings is 1.